The molecule has 2 aromatic heterocycles. The normalized spacial score (nSPS) is 19.3. The predicted molar refractivity (Wildman–Crippen MR) is 71.7 cm³/mol. The molecule has 0 saturated carbocycles. The van der Waals surface area contributed by atoms with Crippen LogP contribution >= 0.6 is 0 Å². The van der Waals surface area contributed by atoms with Gasteiger partial charge < -0.3 is 14.4 Å². The first kappa shape index (κ1) is 12.9. The smallest absolute Gasteiger partial charge is 0.330 e. The molecule has 0 radical (unpaired) electrons. The number of hydrogen-bond acceptors (Lipinski definition) is 6. The average Bonchev–Trinajstić information content (AvgIpc) is 2.93. The van der Waals surface area contributed by atoms with E-state index in [9.17, 15) is 4.79 Å². The highest BCUT2D eigenvalue weighted by molar-refractivity contribution is 5.80. The van der Waals surface area contributed by atoms with Gasteiger partial charge >= 0.3 is 5.97 Å². The Hall–Kier alpha value is -2.15. The number of carbonyl (C=O) groups excluding carboxylic acids is 1. The van der Waals surface area contributed by atoms with Crippen LogP contribution in [0.1, 0.15) is 5.56 Å². The van der Waals surface area contributed by atoms with Crippen molar-refractivity contribution in [3.8, 4) is 0 Å². The zero-order valence-electron chi connectivity index (χ0n) is 11.4. The third-order valence-electron chi connectivity index (χ3n) is 3.40. The molecule has 3 heterocycles. The average molecular weight is 276 g/mol. The van der Waals surface area contributed by atoms with Crippen LogP contribution in [0.5, 0.6) is 0 Å². The van der Waals surface area contributed by atoms with E-state index in [1.807, 2.05) is 24.0 Å². The van der Waals surface area contributed by atoms with Crippen molar-refractivity contribution in [3.05, 3.63) is 24.0 Å². The summed E-state index contributed by atoms with van der Waals surface area (Å²) < 4.78 is 12.0. The lowest BCUT2D eigenvalue weighted by molar-refractivity contribution is -0.144. The molecular formula is C13H16N4O3. The first-order valence-electron chi connectivity index (χ1n) is 6.43. The SMILES string of the molecule is COC(=O)C1COCCN1c1cc(C)cc2ncnn12. The number of nitrogens with zero attached hydrogens (tertiary/aromatic N) is 4. The molecule has 1 aliphatic heterocycles. The van der Waals surface area contributed by atoms with E-state index in [-0.39, 0.29) is 5.97 Å². The maximum atomic E-state index is 11.9. The van der Waals surface area contributed by atoms with E-state index in [0.717, 1.165) is 17.0 Å². The Balaban J connectivity index is 2.07. The molecule has 1 unspecified atom stereocenters. The zero-order chi connectivity index (χ0) is 14.1. The fourth-order valence-corrected chi connectivity index (χ4v) is 2.45. The van der Waals surface area contributed by atoms with Gasteiger partial charge in [-0.2, -0.15) is 9.61 Å². The molecule has 3 rings (SSSR count). The van der Waals surface area contributed by atoms with Gasteiger partial charge in [0.15, 0.2) is 11.7 Å². The lowest BCUT2D eigenvalue weighted by Gasteiger charge is -2.35. The van der Waals surface area contributed by atoms with Crippen LogP contribution < -0.4 is 4.90 Å². The predicted octanol–water partition coefficient (Wildman–Crippen LogP) is 0.416. The number of hydrogen-bond donors (Lipinski definition) is 0. The summed E-state index contributed by atoms with van der Waals surface area (Å²) in [5, 5.41) is 4.23. The monoisotopic (exact) mass is 276 g/mol. The highest BCUT2D eigenvalue weighted by Gasteiger charge is 2.32. The molecule has 1 fully saturated rings. The fourth-order valence-electron chi connectivity index (χ4n) is 2.45. The maximum Gasteiger partial charge on any atom is 0.330 e. The van der Waals surface area contributed by atoms with Gasteiger partial charge in [0, 0.05) is 6.54 Å². The summed E-state index contributed by atoms with van der Waals surface area (Å²) in [7, 11) is 1.39. The van der Waals surface area contributed by atoms with Crippen molar-refractivity contribution < 1.29 is 14.3 Å². The van der Waals surface area contributed by atoms with Crippen LogP contribution in [-0.4, -0.2) is 53.5 Å². The minimum Gasteiger partial charge on any atom is -0.467 e. The van der Waals surface area contributed by atoms with Crippen LogP contribution in [0.2, 0.25) is 0 Å². The summed E-state index contributed by atoms with van der Waals surface area (Å²) in [6, 6.07) is 3.48. The van der Waals surface area contributed by atoms with Crippen molar-refractivity contribution in [1.82, 2.24) is 14.6 Å². The topological polar surface area (TPSA) is 69.0 Å². The lowest BCUT2D eigenvalue weighted by Crippen LogP contribution is -2.51. The largest absolute Gasteiger partial charge is 0.467 e. The van der Waals surface area contributed by atoms with Crippen molar-refractivity contribution in [3.63, 3.8) is 0 Å². The summed E-state index contributed by atoms with van der Waals surface area (Å²) >= 11 is 0. The number of esters is 1. The number of methoxy groups -OCH3 is 1. The Morgan fingerprint density at radius 1 is 1.50 bits per heavy atom. The van der Waals surface area contributed by atoms with Crippen LogP contribution in [0.4, 0.5) is 5.82 Å². The molecule has 1 atom stereocenters. The van der Waals surface area contributed by atoms with Gasteiger partial charge in [0.1, 0.15) is 12.1 Å². The molecule has 106 valence electrons. The van der Waals surface area contributed by atoms with Crippen molar-refractivity contribution in [2.75, 3.05) is 31.8 Å². The van der Waals surface area contributed by atoms with E-state index in [1.165, 1.54) is 13.4 Å². The number of carbonyl (C=O) groups is 1. The van der Waals surface area contributed by atoms with Gasteiger partial charge in [-0.25, -0.2) is 9.78 Å². The molecule has 0 aromatic carbocycles. The summed E-state index contributed by atoms with van der Waals surface area (Å²) in [5.41, 5.74) is 1.82. The number of morpholine rings is 1. The number of anilines is 1. The van der Waals surface area contributed by atoms with E-state index in [2.05, 4.69) is 10.1 Å². The van der Waals surface area contributed by atoms with E-state index in [0.29, 0.717) is 19.8 Å². The number of rotatable bonds is 2. The second-order valence-electron chi connectivity index (χ2n) is 4.73. The third kappa shape index (κ3) is 2.09. The number of ether oxygens (including phenoxy) is 2. The van der Waals surface area contributed by atoms with Gasteiger partial charge in [0.05, 0.1) is 20.3 Å². The first-order chi connectivity index (χ1) is 9.70. The molecule has 20 heavy (non-hydrogen) atoms. The van der Waals surface area contributed by atoms with Crippen molar-refractivity contribution in [2.45, 2.75) is 13.0 Å². The highest BCUT2D eigenvalue weighted by Crippen LogP contribution is 2.22. The maximum absolute atomic E-state index is 11.9. The van der Waals surface area contributed by atoms with Crippen LogP contribution in [0.25, 0.3) is 5.65 Å². The zero-order valence-corrected chi connectivity index (χ0v) is 11.4. The molecular weight excluding hydrogens is 260 g/mol. The Morgan fingerprint density at radius 3 is 3.15 bits per heavy atom. The Morgan fingerprint density at radius 2 is 2.35 bits per heavy atom. The van der Waals surface area contributed by atoms with Crippen LogP contribution in [0.3, 0.4) is 0 Å². The van der Waals surface area contributed by atoms with Crippen molar-refractivity contribution >= 4 is 17.4 Å². The number of fused-ring (bicyclic) bond motifs is 1. The van der Waals surface area contributed by atoms with Gasteiger partial charge in [-0.05, 0) is 24.6 Å². The summed E-state index contributed by atoms with van der Waals surface area (Å²) in [5.74, 6) is 0.524. The highest BCUT2D eigenvalue weighted by atomic mass is 16.5. The summed E-state index contributed by atoms with van der Waals surface area (Å²) in [4.78, 5) is 18.1. The van der Waals surface area contributed by atoms with Crippen LogP contribution in [0, 0.1) is 6.92 Å². The lowest BCUT2D eigenvalue weighted by atomic mass is 10.2. The Bertz CT molecular complexity index is 640. The molecule has 2 aromatic rings. The third-order valence-corrected chi connectivity index (χ3v) is 3.40. The number of aromatic nitrogens is 3. The fraction of sp³-hybridized carbons (Fsp3) is 0.462. The second-order valence-corrected chi connectivity index (χ2v) is 4.73. The molecule has 1 aliphatic rings. The van der Waals surface area contributed by atoms with Crippen LogP contribution in [-0.2, 0) is 14.3 Å². The Kier molecular flexibility index (Phi) is 3.27. The first-order valence-corrected chi connectivity index (χ1v) is 6.43. The van der Waals surface area contributed by atoms with Gasteiger partial charge in [-0.3, -0.25) is 0 Å². The standard InChI is InChI=1S/C13H16N4O3/c1-9-5-11-14-8-15-17(11)12(6-9)16-3-4-20-7-10(16)13(18)19-2/h5-6,8,10H,3-4,7H2,1-2H3. The molecule has 7 heteroatoms. The molecule has 7 nitrogen and oxygen atoms in total. The molecule has 1 saturated heterocycles. The van der Waals surface area contributed by atoms with Crippen molar-refractivity contribution in [1.29, 1.82) is 0 Å². The van der Waals surface area contributed by atoms with Gasteiger partial charge in [-0.1, -0.05) is 0 Å². The number of pyridine rings is 1. The molecule has 0 N–H and O–H groups in total. The van der Waals surface area contributed by atoms with Gasteiger partial charge in [0.2, 0.25) is 0 Å². The second kappa shape index (κ2) is 5.09. The van der Waals surface area contributed by atoms with Crippen LogP contribution in [0.15, 0.2) is 18.5 Å². The van der Waals surface area contributed by atoms with E-state index in [1.54, 1.807) is 4.52 Å². The molecule has 0 spiro atoms. The summed E-state index contributed by atoms with van der Waals surface area (Å²) in [6.07, 6.45) is 1.51. The number of aryl methyl sites for hydroxylation is 1. The molecule has 0 bridgehead atoms. The van der Waals surface area contributed by atoms with Crippen molar-refractivity contribution in [2.24, 2.45) is 0 Å². The van der Waals surface area contributed by atoms with E-state index < -0.39 is 6.04 Å². The van der Waals surface area contributed by atoms with E-state index >= 15 is 0 Å². The minimum atomic E-state index is -0.456. The summed E-state index contributed by atoms with van der Waals surface area (Å²) in [6.45, 7) is 3.48. The van der Waals surface area contributed by atoms with E-state index in [4.69, 9.17) is 9.47 Å². The molecule has 0 amide bonds. The quantitative estimate of drug-likeness (QED) is 0.740. The van der Waals surface area contributed by atoms with Gasteiger partial charge in [-0.15, -0.1) is 0 Å². The Labute approximate surface area is 116 Å². The molecule has 0 aliphatic carbocycles. The minimum absolute atomic E-state index is 0.306. The van der Waals surface area contributed by atoms with Gasteiger partial charge in [0.25, 0.3) is 0 Å².